The first kappa shape index (κ1) is 17.1. The Hall–Kier alpha value is -3.35. The number of methoxy groups -OCH3 is 1. The maximum absolute atomic E-state index is 12.7. The highest BCUT2D eigenvalue weighted by Crippen LogP contribution is 2.26. The number of nitrogens with one attached hydrogen (secondary N) is 1. The number of hydrogen-bond acceptors (Lipinski definition) is 5. The fourth-order valence-electron chi connectivity index (χ4n) is 3.35. The minimum Gasteiger partial charge on any atom is -0.495 e. The summed E-state index contributed by atoms with van der Waals surface area (Å²) in [4.78, 5) is 12.7. The highest BCUT2D eigenvalue weighted by molar-refractivity contribution is 5.80. The average molecular weight is 363 g/mol. The Morgan fingerprint density at radius 3 is 2.74 bits per heavy atom. The Kier molecular flexibility index (Phi) is 4.27. The van der Waals surface area contributed by atoms with Crippen molar-refractivity contribution in [3.05, 3.63) is 64.2 Å². The molecule has 7 heteroatoms. The summed E-state index contributed by atoms with van der Waals surface area (Å²) in [6.07, 6.45) is 0. The largest absolute Gasteiger partial charge is 0.495 e. The van der Waals surface area contributed by atoms with Gasteiger partial charge in [-0.05, 0) is 43.7 Å². The van der Waals surface area contributed by atoms with Crippen molar-refractivity contribution in [2.24, 2.45) is 0 Å². The lowest BCUT2D eigenvalue weighted by atomic mass is 10.2. The van der Waals surface area contributed by atoms with Crippen molar-refractivity contribution in [1.29, 1.82) is 0 Å². The summed E-state index contributed by atoms with van der Waals surface area (Å²) in [7, 11) is 1.65. The minimum absolute atomic E-state index is 0.0483. The fraction of sp³-hybridized carbons (Fsp3) is 0.250. The summed E-state index contributed by atoms with van der Waals surface area (Å²) in [5, 5.41) is 12.6. The predicted octanol–water partition coefficient (Wildman–Crippen LogP) is 2.99. The maximum Gasteiger partial charge on any atom is 0.262 e. The number of anilines is 1. The van der Waals surface area contributed by atoms with Crippen LogP contribution in [0.25, 0.3) is 16.7 Å². The van der Waals surface area contributed by atoms with E-state index in [9.17, 15) is 4.79 Å². The number of aromatic nitrogens is 4. The SMILES string of the molecule is CCn1c(=O)c2ccccc2n2c(CNc3cc(C)ccc3OC)nnc12. The summed E-state index contributed by atoms with van der Waals surface area (Å²) in [6, 6.07) is 13.5. The molecule has 0 aliphatic carbocycles. The number of benzene rings is 2. The molecule has 0 aliphatic rings. The lowest BCUT2D eigenvalue weighted by molar-refractivity contribution is 0.416. The molecule has 0 saturated heterocycles. The van der Waals surface area contributed by atoms with Crippen molar-refractivity contribution >= 4 is 22.4 Å². The number of nitrogens with zero attached hydrogens (tertiary/aromatic N) is 4. The van der Waals surface area contributed by atoms with E-state index >= 15 is 0 Å². The monoisotopic (exact) mass is 363 g/mol. The van der Waals surface area contributed by atoms with Crippen molar-refractivity contribution in [1.82, 2.24) is 19.2 Å². The third-order valence-electron chi connectivity index (χ3n) is 4.68. The van der Waals surface area contributed by atoms with Crippen molar-refractivity contribution in [2.75, 3.05) is 12.4 Å². The summed E-state index contributed by atoms with van der Waals surface area (Å²) in [5.41, 5.74) is 2.78. The molecule has 0 bridgehead atoms. The van der Waals surface area contributed by atoms with Gasteiger partial charge in [0.2, 0.25) is 5.78 Å². The summed E-state index contributed by atoms with van der Waals surface area (Å²) < 4.78 is 9.01. The Balaban J connectivity index is 1.83. The first-order chi connectivity index (χ1) is 13.1. The molecule has 0 saturated carbocycles. The van der Waals surface area contributed by atoms with Crippen LogP contribution in [0.2, 0.25) is 0 Å². The van der Waals surface area contributed by atoms with Crippen molar-refractivity contribution in [3.8, 4) is 5.75 Å². The first-order valence-corrected chi connectivity index (χ1v) is 8.88. The van der Waals surface area contributed by atoms with Crippen LogP contribution in [-0.2, 0) is 13.1 Å². The second-order valence-electron chi connectivity index (χ2n) is 6.38. The zero-order valence-electron chi connectivity index (χ0n) is 15.6. The van der Waals surface area contributed by atoms with E-state index in [1.807, 2.05) is 60.7 Å². The van der Waals surface area contributed by atoms with Gasteiger partial charge >= 0.3 is 0 Å². The van der Waals surface area contributed by atoms with Crippen molar-refractivity contribution in [3.63, 3.8) is 0 Å². The Labute approximate surface area is 156 Å². The fourth-order valence-corrected chi connectivity index (χ4v) is 3.35. The van der Waals surface area contributed by atoms with Gasteiger partial charge in [-0.25, -0.2) is 0 Å². The topological polar surface area (TPSA) is 73.5 Å². The molecule has 1 N–H and O–H groups in total. The Morgan fingerprint density at radius 2 is 1.96 bits per heavy atom. The van der Waals surface area contributed by atoms with Gasteiger partial charge in [0, 0.05) is 6.54 Å². The summed E-state index contributed by atoms with van der Waals surface area (Å²) in [5.74, 6) is 2.05. The van der Waals surface area contributed by atoms with Crippen molar-refractivity contribution < 1.29 is 4.74 Å². The molecule has 27 heavy (non-hydrogen) atoms. The van der Waals surface area contributed by atoms with Crippen LogP contribution in [0.15, 0.2) is 47.3 Å². The molecule has 0 unspecified atom stereocenters. The number of para-hydroxylation sites is 1. The van der Waals surface area contributed by atoms with E-state index < -0.39 is 0 Å². The molecule has 138 valence electrons. The van der Waals surface area contributed by atoms with E-state index in [4.69, 9.17) is 4.74 Å². The van der Waals surface area contributed by atoms with Crippen molar-refractivity contribution in [2.45, 2.75) is 26.9 Å². The van der Waals surface area contributed by atoms with Crippen LogP contribution in [-0.4, -0.2) is 26.3 Å². The lowest BCUT2D eigenvalue weighted by Crippen LogP contribution is -2.23. The molecule has 2 heterocycles. The van der Waals surface area contributed by atoms with Gasteiger partial charge < -0.3 is 10.1 Å². The zero-order valence-corrected chi connectivity index (χ0v) is 15.6. The van der Waals surface area contributed by atoms with Crippen LogP contribution in [0.3, 0.4) is 0 Å². The molecule has 0 radical (unpaired) electrons. The van der Waals surface area contributed by atoms with E-state index in [1.54, 1.807) is 11.7 Å². The van der Waals surface area contributed by atoms with E-state index in [1.165, 1.54) is 0 Å². The lowest BCUT2D eigenvalue weighted by Gasteiger charge is -2.12. The second-order valence-corrected chi connectivity index (χ2v) is 6.38. The van der Waals surface area contributed by atoms with Crippen LogP contribution >= 0.6 is 0 Å². The Bertz CT molecular complexity index is 1190. The number of ether oxygens (including phenoxy) is 1. The maximum atomic E-state index is 12.7. The van der Waals surface area contributed by atoms with Crippen LogP contribution in [0.1, 0.15) is 18.3 Å². The second kappa shape index (κ2) is 6.75. The molecule has 4 rings (SSSR count). The highest BCUT2D eigenvalue weighted by Gasteiger charge is 2.15. The minimum atomic E-state index is -0.0483. The van der Waals surface area contributed by atoms with E-state index in [-0.39, 0.29) is 5.56 Å². The van der Waals surface area contributed by atoms with Gasteiger partial charge in [-0.2, -0.15) is 0 Å². The van der Waals surface area contributed by atoms with Crippen LogP contribution in [0.5, 0.6) is 5.75 Å². The first-order valence-electron chi connectivity index (χ1n) is 8.88. The molecule has 2 aromatic carbocycles. The number of aryl methyl sites for hydroxylation is 2. The average Bonchev–Trinajstić information content (AvgIpc) is 3.11. The van der Waals surface area contributed by atoms with E-state index in [2.05, 4.69) is 15.5 Å². The molecule has 0 amide bonds. The van der Waals surface area contributed by atoms with Gasteiger partial charge in [-0.15, -0.1) is 10.2 Å². The Morgan fingerprint density at radius 1 is 1.15 bits per heavy atom. The molecule has 0 atom stereocenters. The standard InChI is InChI=1S/C20H21N5O2/c1-4-24-19(26)14-7-5-6-8-16(14)25-18(22-23-20(24)25)12-21-15-11-13(2)9-10-17(15)27-3/h5-11,21H,4,12H2,1-3H3. The van der Waals surface area contributed by atoms with Crippen LogP contribution in [0.4, 0.5) is 5.69 Å². The van der Waals surface area contributed by atoms with E-state index in [0.29, 0.717) is 24.3 Å². The van der Waals surface area contributed by atoms with Crippen LogP contribution in [0, 0.1) is 6.92 Å². The van der Waals surface area contributed by atoms with Gasteiger partial charge in [0.25, 0.3) is 5.56 Å². The molecule has 4 aromatic rings. The third kappa shape index (κ3) is 2.81. The third-order valence-corrected chi connectivity index (χ3v) is 4.68. The predicted molar refractivity (Wildman–Crippen MR) is 105 cm³/mol. The molecule has 0 fully saturated rings. The van der Waals surface area contributed by atoms with Crippen LogP contribution < -0.4 is 15.6 Å². The van der Waals surface area contributed by atoms with Gasteiger partial charge in [0.05, 0.1) is 30.2 Å². The molecule has 0 aliphatic heterocycles. The summed E-state index contributed by atoms with van der Waals surface area (Å²) >= 11 is 0. The molecule has 2 aromatic heterocycles. The molecule has 0 spiro atoms. The molecular weight excluding hydrogens is 342 g/mol. The van der Waals surface area contributed by atoms with Gasteiger partial charge in [0.1, 0.15) is 5.75 Å². The van der Waals surface area contributed by atoms with Gasteiger partial charge in [0.15, 0.2) is 5.82 Å². The number of hydrogen-bond donors (Lipinski definition) is 1. The molecular formula is C20H21N5O2. The highest BCUT2D eigenvalue weighted by atomic mass is 16.5. The quantitative estimate of drug-likeness (QED) is 0.590. The summed E-state index contributed by atoms with van der Waals surface area (Å²) in [6.45, 7) is 4.95. The smallest absolute Gasteiger partial charge is 0.262 e. The number of rotatable bonds is 5. The number of fused-ring (bicyclic) bond motifs is 3. The van der Waals surface area contributed by atoms with E-state index in [0.717, 1.165) is 28.3 Å². The molecule has 7 nitrogen and oxygen atoms in total. The van der Waals surface area contributed by atoms with Gasteiger partial charge in [-0.3, -0.25) is 13.8 Å². The van der Waals surface area contributed by atoms with Gasteiger partial charge in [-0.1, -0.05) is 18.2 Å². The normalized spacial score (nSPS) is 11.2. The zero-order chi connectivity index (χ0) is 19.0.